The average Bonchev–Trinajstić information content (AvgIpc) is 2.93. The quantitative estimate of drug-likeness (QED) is 0.892. The number of amides is 2. The van der Waals surface area contributed by atoms with Gasteiger partial charge < -0.3 is 15.0 Å². The molecule has 0 aliphatic carbocycles. The molecular weight excluding hydrogens is 330 g/mol. The molecule has 26 heavy (non-hydrogen) atoms. The first-order valence-electron chi connectivity index (χ1n) is 8.86. The maximum atomic E-state index is 13.0. The highest BCUT2D eigenvalue weighted by Crippen LogP contribution is 2.24. The van der Waals surface area contributed by atoms with Crippen LogP contribution in [0.3, 0.4) is 0 Å². The van der Waals surface area contributed by atoms with Crippen molar-refractivity contribution in [2.75, 3.05) is 26.8 Å². The summed E-state index contributed by atoms with van der Waals surface area (Å²) in [4.78, 5) is 31.5. The minimum Gasteiger partial charge on any atom is -0.383 e. The van der Waals surface area contributed by atoms with Gasteiger partial charge >= 0.3 is 0 Å². The smallest absolute Gasteiger partial charge is 0.252 e. The van der Waals surface area contributed by atoms with Crippen LogP contribution in [0.4, 0.5) is 0 Å². The summed E-state index contributed by atoms with van der Waals surface area (Å²) >= 11 is 0. The minimum atomic E-state index is -0.181. The number of carbonyl (C=O) groups excluding carboxylic acids is 2. The number of rotatable bonds is 5. The van der Waals surface area contributed by atoms with Crippen LogP contribution in [-0.4, -0.2) is 54.5 Å². The monoisotopic (exact) mass is 355 g/mol. The van der Waals surface area contributed by atoms with Crippen molar-refractivity contribution < 1.29 is 14.3 Å². The molecule has 1 atom stereocenters. The van der Waals surface area contributed by atoms with Crippen molar-refractivity contribution in [2.45, 2.75) is 33.2 Å². The lowest BCUT2D eigenvalue weighted by Gasteiger charge is -2.18. The van der Waals surface area contributed by atoms with E-state index in [0.29, 0.717) is 31.7 Å². The molecule has 138 valence electrons. The van der Waals surface area contributed by atoms with Crippen LogP contribution in [0.1, 0.15) is 33.6 Å². The predicted molar refractivity (Wildman–Crippen MR) is 100 cm³/mol. The van der Waals surface area contributed by atoms with E-state index in [9.17, 15) is 9.59 Å². The zero-order chi connectivity index (χ0) is 18.8. The number of ether oxygens (including phenoxy) is 1. The van der Waals surface area contributed by atoms with Crippen LogP contribution in [0.2, 0.25) is 0 Å². The highest BCUT2D eigenvalue weighted by atomic mass is 16.5. The second kappa shape index (κ2) is 7.41. The van der Waals surface area contributed by atoms with Crippen LogP contribution in [0.5, 0.6) is 0 Å². The van der Waals surface area contributed by atoms with Crippen molar-refractivity contribution in [3.63, 3.8) is 0 Å². The van der Waals surface area contributed by atoms with E-state index in [0.717, 1.165) is 27.7 Å². The van der Waals surface area contributed by atoms with Gasteiger partial charge in [-0.3, -0.25) is 14.6 Å². The number of carbonyl (C=O) groups is 2. The molecule has 0 spiro atoms. The van der Waals surface area contributed by atoms with Gasteiger partial charge in [-0.25, -0.2) is 0 Å². The lowest BCUT2D eigenvalue weighted by molar-refractivity contribution is -0.128. The molecule has 2 heterocycles. The number of aromatic nitrogens is 1. The third-order valence-electron chi connectivity index (χ3n) is 4.97. The maximum absolute atomic E-state index is 13.0. The van der Waals surface area contributed by atoms with Crippen LogP contribution in [0, 0.1) is 20.8 Å². The SMILES string of the molecule is COCCN1C[C@@H](NC(=O)c2c(C)c(C)nc3ccc(C)cc23)CC1=O. The number of nitrogens with zero attached hydrogens (tertiary/aromatic N) is 2. The molecule has 2 amide bonds. The van der Waals surface area contributed by atoms with E-state index in [1.165, 1.54) is 0 Å². The van der Waals surface area contributed by atoms with E-state index >= 15 is 0 Å². The first-order valence-corrected chi connectivity index (χ1v) is 8.86. The van der Waals surface area contributed by atoms with Crippen molar-refractivity contribution in [1.82, 2.24) is 15.2 Å². The van der Waals surface area contributed by atoms with Gasteiger partial charge in [0.1, 0.15) is 0 Å². The highest BCUT2D eigenvalue weighted by Gasteiger charge is 2.31. The molecule has 1 aliphatic rings. The molecule has 3 rings (SSSR count). The number of likely N-dealkylation sites (tertiary alicyclic amines) is 1. The van der Waals surface area contributed by atoms with E-state index in [4.69, 9.17) is 4.74 Å². The standard InChI is InChI=1S/C20H25N3O3/c1-12-5-6-17-16(9-12)19(13(2)14(3)21-17)20(25)22-15-10-18(24)23(11-15)7-8-26-4/h5-6,9,15H,7-8,10-11H2,1-4H3,(H,22,25)/t15-/m0/s1. The summed E-state index contributed by atoms with van der Waals surface area (Å²) in [5.74, 6) is -0.0920. The molecule has 0 bridgehead atoms. The van der Waals surface area contributed by atoms with Gasteiger partial charge in [-0.15, -0.1) is 0 Å². The van der Waals surface area contributed by atoms with E-state index in [-0.39, 0.29) is 17.9 Å². The van der Waals surface area contributed by atoms with E-state index in [2.05, 4.69) is 10.3 Å². The van der Waals surface area contributed by atoms with Crippen LogP contribution in [0.25, 0.3) is 10.9 Å². The number of nitrogens with one attached hydrogen (secondary N) is 1. The molecule has 6 nitrogen and oxygen atoms in total. The molecule has 1 aromatic carbocycles. The van der Waals surface area contributed by atoms with Gasteiger partial charge in [0.25, 0.3) is 5.91 Å². The van der Waals surface area contributed by atoms with Crippen molar-refractivity contribution in [3.8, 4) is 0 Å². The second-order valence-corrected chi connectivity index (χ2v) is 6.92. The Morgan fingerprint density at radius 3 is 2.85 bits per heavy atom. The molecular formula is C20H25N3O3. The Hall–Kier alpha value is -2.47. The van der Waals surface area contributed by atoms with Crippen molar-refractivity contribution >= 4 is 22.7 Å². The normalized spacial score (nSPS) is 17.2. The summed E-state index contributed by atoms with van der Waals surface area (Å²) in [7, 11) is 1.61. The summed E-state index contributed by atoms with van der Waals surface area (Å²) in [6.07, 6.45) is 0.329. The summed E-state index contributed by atoms with van der Waals surface area (Å²) in [6, 6.07) is 5.75. The summed E-state index contributed by atoms with van der Waals surface area (Å²) in [5.41, 5.74) is 4.27. The van der Waals surface area contributed by atoms with Gasteiger partial charge in [0.05, 0.1) is 23.7 Å². The largest absolute Gasteiger partial charge is 0.383 e. The predicted octanol–water partition coefficient (Wildman–Crippen LogP) is 2.14. The molecule has 1 aromatic heterocycles. The van der Waals surface area contributed by atoms with Gasteiger partial charge in [-0.1, -0.05) is 11.6 Å². The lowest BCUT2D eigenvalue weighted by Crippen LogP contribution is -2.38. The Morgan fingerprint density at radius 2 is 2.12 bits per heavy atom. The van der Waals surface area contributed by atoms with Crippen LogP contribution >= 0.6 is 0 Å². The first-order chi connectivity index (χ1) is 12.4. The fraction of sp³-hybridized carbons (Fsp3) is 0.450. The first kappa shape index (κ1) is 18.3. The van der Waals surface area contributed by atoms with Crippen molar-refractivity contribution in [3.05, 3.63) is 40.6 Å². The van der Waals surface area contributed by atoms with Gasteiger partial charge in [0.15, 0.2) is 0 Å². The molecule has 2 aromatic rings. The number of methoxy groups -OCH3 is 1. The Morgan fingerprint density at radius 1 is 1.35 bits per heavy atom. The number of aryl methyl sites for hydroxylation is 2. The van der Waals surface area contributed by atoms with Gasteiger partial charge in [0.2, 0.25) is 5.91 Å². The van der Waals surface area contributed by atoms with Crippen LogP contribution < -0.4 is 5.32 Å². The second-order valence-electron chi connectivity index (χ2n) is 6.92. The van der Waals surface area contributed by atoms with Gasteiger partial charge in [0, 0.05) is 37.7 Å². The van der Waals surface area contributed by atoms with Crippen molar-refractivity contribution in [2.24, 2.45) is 0 Å². The highest BCUT2D eigenvalue weighted by molar-refractivity contribution is 6.08. The third kappa shape index (κ3) is 3.55. The fourth-order valence-electron chi connectivity index (χ4n) is 3.43. The molecule has 0 unspecified atom stereocenters. The average molecular weight is 355 g/mol. The van der Waals surface area contributed by atoms with Gasteiger partial charge in [-0.2, -0.15) is 0 Å². The fourth-order valence-corrected chi connectivity index (χ4v) is 3.43. The number of benzene rings is 1. The van der Waals surface area contributed by atoms with Crippen molar-refractivity contribution in [1.29, 1.82) is 0 Å². The van der Waals surface area contributed by atoms with Crippen LogP contribution in [-0.2, 0) is 9.53 Å². The van der Waals surface area contributed by atoms with Crippen LogP contribution in [0.15, 0.2) is 18.2 Å². The molecule has 6 heteroatoms. The van der Waals surface area contributed by atoms with Gasteiger partial charge in [-0.05, 0) is 38.5 Å². The summed E-state index contributed by atoms with van der Waals surface area (Å²) < 4.78 is 5.04. The Bertz CT molecular complexity index is 863. The number of hydrogen-bond acceptors (Lipinski definition) is 4. The zero-order valence-electron chi connectivity index (χ0n) is 15.8. The topological polar surface area (TPSA) is 71.5 Å². The van der Waals surface area contributed by atoms with E-state index in [1.807, 2.05) is 39.0 Å². The molecule has 1 saturated heterocycles. The Kier molecular flexibility index (Phi) is 5.23. The minimum absolute atomic E-state index is 0.0516. The third-order valence-corrected chi connectivity index (χ3v) is 4.97. The number of fused-ring (bicyclic) bond motifs is 1. The summed E-state index contributed by atoms with van der Waals surface area (Å²) in [6.45, 7) is 7.41. The number of hydrogen-bond donors (Lipinski definition) is 1. The number of pyridine rings is 1. The zero-order valence-corrected chi connectivity index (χ0v) is 15.8. The van der Waals surface area contributed by atoms with E-state index in [1.54, 1.807) is 12.0 Å². The molecule has 1 aliphatic heterocycles. The molecule has 1 N–H and O–H groups in total. The maximum Gasteiger partial charge on any atom is 0.252 e. The molecule has 1 fully saturated rings. The van der Waals surface area contributed by atoms with E-state index < -0.39 is 0 Å². The Labute approximate surface area is 153 Å². The molecule has 0 radical (unpaired) electrons. The molecule has 0 saturated carbocycles. The summed E-state index contributed by atoms with van der Waals surface area (Å²) in [5, 5.41) is 3.89. The lowest BCUT2D eigenvalue weighted by atomic mass is 9.99. The Balaban J connectivity index is 1.85.